The van der Waals surface area contributed by atoms with Gasteiger partial charge in [0.05, 0.1) is 0 Å². The van der Waals surface area contributed by atoms with Gasteiger partial charge in [-0.1, -0.05) is 6.92 Å². The molecule has 0 fully saturated rings. The van der Waals surface area contributed by atoms with E-state index in [1.807, 2.05) is 6.92 Å². The van der Waals surface area contributed by atoms with Crippen molar-refractivity contribution in [2.24, 2.45) is 0 Å². The first-order valence-corrected chi connectivity index (χ1v) is 3.11. The monoisotopic (exact) mass is 131 g/mol. The molecular formula is C6H13NO2. The van der Waals surface area contributed by atoms with Gasteiger partial charge in [-0.2, -0.15) is 0 Å². The Labute approximate surface area is 55.3 Å². The van der Waals surface area contributed by atoms with Crippen molar-refractivity contribution in [1.82, 2.24) is 4.90 Å². The van der Waals surface area contributed by atoms with Gasteiger partial charge in [-0.25, -0.2) is 0 Å². The summed E-state index contributed by atoms with van der Waals surface area (Å²) in [5.74, 6) is 0. The van der Waals surface area contributed by atoms with Crippen LogP contribution >= 0.6 is 0 Å². The van der Waals surface area contributed by atoms with E-state index in [1.54, 1.807) is 6.92 Å². The van der Waals surface area contributed by atoms with Gasteiger partial charge >= 0.3 is 0 Å². The van der Waals surface area contributed by atoms with Gasteiger partial charge in [-0.3, -0.25) is 4.79 Å². The normalized spacial score (nSPS) is 12.8. The number of rotatable bonds is 4. The van der Waals surface area contributed by atoms with E-state index in [1.165, 1.54) is 4.90 Å². The van der Waals surface area contributed by atoms with Crippen LogP contribution in [0, 0.1) is 0 Å². The van der Waals surface area contributed by atoms with Crippen LogP contribution in [-0.4, -0.2) is 29.2 Å². The Bertz CT molecular complexity index is 83.1. The molecule has 0 bridgehead atoms. The fraction of sp³-hybridized carbons (Fsp3) is 0.833. The standard InChI is InChI=1S/C6H13NO2/c1-3-4-7(5-8)6(2)9/h5-6,9H,3-4H2,1-2H3. The number of hydrogen-bond donors (Lipinski definition) is 1. The zero-order chi connectivity index (χ0) is 7.28. The molecule has 0 aromatic heterocycles. The third-order valence-corrected chi connectivity index (χ3v) is 1.10. The predicted molar refractivity (Wildman–Crippen MR) is 34.7 cm³/mol. The van der Waals surface area contributed by atoms with E-state index in [-0.39, 0.29) is 0 Å². The van der Waals surface area contributed by atoms with Crippen LogP contribution in [0.4, 0.5) is 0 Å². The maximum Gasteiger partial charge on any atom is 0.211 e. The van der Waals surface area contributed by atoms with Crippen LogP contribution in [0.5, 0.6) is 0 Å². The topological polar surface area (TPSA) is 40.5 Å². The number of hydrogen-bond acceptors (Lipinski definition) is 2. The summed E-state index contributed by atoms with van der Waals surface area (Å²) >= 11 is 0. The third-order valence-electron chi connectivity index (χ3n) is 1.10. The maximum atomic E-state index is 10.1. The minimum absolute atomic E-state index is 0.626. The fourth-order valence-electron chi connectivity index (χ4n) is 0.586. The van der Waals surface area contributed by atoms with Crippen molar-refractivity contribution < 1.29 is 9.90 Å². The lowest BCUT2D eigenvalue weighted by Crippen LogP contribution is -2.31. The molecule has 0 saturated carbocycles. The van der Waals surface area contributed by atoms with Crippen molar-refractivity contribution in [3.8, 4) is 0 Å². The highest BCUT2D eigenvalue weighted by Gasteiger charge is 2.03. The summed E-state index contributed by atoms with van der Waals surface area (Å²) in [4.78, 5) is 11.4. The molecule has 1 amide bonds. The molecule has 1 atom stereocenters. The second-order valence-electron chi connectivity index (χ2n) is 1.98. The molecule has 0 aliphatic rings. The van der Waals surface area contributed by atoms with Gasteiger partial charge in [-0.05, 0) is 13.3 Å². The Kier molecular flexibility index (Phi) is 4.05. The first kappa shape index (κ1) is 8.43. The van der Waals surface area contributed by atoms with Crippen LogP contribution in [0.2, 0.25) is 0 Å². The highest BCUT2D eigenvalue weighted by molar-refractivity contribution is 5.47. The molecule has 3 heteroatoms. The zero-order valence-electron chi connectivity index (χ0n) is 5.87. The van der Waals surface area contributed by atoms with Crippen molar-refractivity contribution in [2.75, 3.05) is 6.54 Å². The summed E-state index contributed by atoms with van der Waals surface area (Å²) in [6.07, 6.45) is 0.889. The molecule has 0 saturated heterocycles. The lowest BCUT2D eigenvalue weighted by Gasteiger charge is -2.18. The van der Waals surface area contributed by atoms with Crippen molar-refractivity contribution >= 4 is 6.41 Å². The highest BCUT2D eigenvalue weighted by atomic mass is 16.3. The molecule has 0 radical (unpaired) electrons. The molecule has 1 N–H and O–H groups in total. The minimum atomic E-state index is -0.651. The maximum absolute atomic E-state index is 10.1. The number of nitrogens with zero attached hydrogens (tertiary/aromatic N) is 1. The van der Waals surface area contributed by atoms with E-state index in [0.717, 1.165) is 6.42 Å². The summed E-state index contributed by atoms with van der Waals surface area (Å²) in [5, 5.41) is 8.84. The molecule has 0 spiro atoms. The zero-order valence-corrected chi connectivity index (χ0v) is 5.87. The van der Waals surface area contributed by atoms with Gasteiger partial charge < -0.3 is 10.0 Å². The molecule has 0 aromatic rings. The van der Waals surface area contributed by atoms with E-state index in [4.69, 9.17) is 5.11 Å². The Morgan fingerprint density at radius 2 is 2.33 bits per heavy atom. The predicted octanol–water partition coefficient (Wildman–Crippen LogP) is 0.193. The third kappa shape index (κ3) is 3.08. The van der Waals surface area contributed by atoms with Crippen molar-refractivity contribution in [3.05, 3.63) is 0 Å². The van der Waals surface area contributed by atoms with Gasteiger partial charge in [0.1, 0.15) is 6.23 Å². The minimum Gasteiger partial charge on any atom is -0.374 e. The molecule has 0 rings (SSSR count). The van der Waals surface area contributed by atoms with Crippen molar-refractivity contribution in [2.45, 2.75) is 26.5 Å². The number of carbonyl (C=O) groups excluding carboxylic acids is 1. The first-order valence-electron chi connectivity index (χ1n) is 3.11. The number of aliphatic hydroxyl groups excluding tert-OH is 1. The van der Waals surface area contributed by atoms with E-state index in [0.29, 0.717) is 13.0 Å². The Hall–Kier alpha value is -0.570. The van der Waals surface area contributed by atoms with Crippen LogP contribution in [-0.2, 0) is 4.79 Å². The number of amides is 1. The first-order chi connectivity index (χ1) is 4.22. The van der Waals surface area contributed by atoms with Gasteiger partial charge in [0.15, 0.2) is 0 Å². The summed E-state index contributed by atoms with van der Waals surface area (Å²) in [7, 11) is 0. The SMILES string of the molecule is CCCN(C=O)C(C)O. The fourth-order valence-corrected chi connectivity index (χ4v) is 0.586. The quantitative estimate of drug-likeness (QED) is 0.437. The Balaban J connectivity index is 3.54. The molecular weight excluding hydrogens is 118 g/mol. The Morgan fingerprint density at radius 3 is 2.44 bits per heavy atom. The summed E-state index contributed by atoms with van der Waals surface area (Å²) < 4.78 is 0. The van der Waals surface area contributed by atoms with Crippen LogP contribution in [0.3, 0.4) is 0 Å². The second-order valence-corrected chi connectivity index (χ2v) is 1.98. The van der Waals surface area contributed by atoms with Crippen LogP contribution in [0.1, 0.15) is 20.3 Å². The molecule has 3 nitrogen and oxygen atoms in total. The lowest BCUT2D eigenvalue weighted by atomic mass is 10.4. The molecule has 0 aliphatic heterocycles. The number of carbonyl (C=O) groups is 1. The number of aliphatic hydroxyl groups is 1. The average Bonchev–Trinajstić information content (AvgIpc) is 1.82. The summed E-state index contributed by atoms with van der Waals surface area (Å²) in [6.45, 7) is 4.16. The largest absolute Gasteiger partial charge is 0.374 e. The average molecular weight is 131 g/mol. The van der Waals surface area contributed by atoms with E-state index in [9.17, 15) is 4.79 Å². The summed E-state index contributed by atoms with van der Waals surface area (Å²) in [6, 6.07) is 0. The van der Waals surface area contributed by atoms with Gasteiger partial charge in [0.25, 0.3) is 0 Å². The molecule has 1 unspecified atom stereocenters. The molecule has 54 valence electrons. The Morgan fingerprint density at radius 1 is 1.78 bits per heavy atom. The summed E-state index contributed by atoms with van der Waals surface area (Å²) in [5.41, 5.74) is 0. The lowest BCUT2D eigenvalue weighted by molar-refractivity contribution is -0.126. The van der Waals surface area contributed by atoms with Gasteiger partial charge in [0, 0.05) is 6.54 Å². The van der Waals surface area contributed by atoms with Crippen LogP contribution in [0.15, 0.2) is 0 Å². The van der Waals surface area contributed by atoms with Crippen LogP contribution in [0.25, 0.3) is 0 Å². The van der Waals surface area contributed by atoms with Crippen LogP contribution < -0.4 is 0 Å². The second kappa shape index (κ2) is 4.32. The van der Waals surface area contributed by atoms with E-state index < -0.39 is 6.23 Å². The van der Waals surface area contributed by atoms with Crippen molar-refractivity contribution in [3.63, 3.8) is 0 Å². The molecule has 0 aliphatic carbocycles. The van der Waals surface area contributed by atoms with Crippen molar-refractivity contribution in [1.29, 1.82) is 0 Å². The van der Waals surface area contributed by atoms with E-state index >= 15 is 0 Å². The van der Waals surface area contributed by atoms with E-state index in [2.05, 4.69) is 0 Å². The smallest absolute Gasteiger partial charge is 0.211 e. The molecule has 0 aromatic carbocycles. The molecule has 0 heterocycles. The molecule has 9 heavy (non-hydrogen) atoms. The highest BCUT2D eigenvalue weighted by Crippen LogP contribution is 1.91. The van der Waals surface area contributed by atoms with Gasteiger partial charge in [-0.15, -0.1) is 0 Å². The van der Waals surface area contributed by atoms with Gasteiger partial charge in [0.2, 0.25) is 6.41 Å².